The third kappa shape index (κ3) is 3.41. The molecule has 2 rings (SSSR count). The van der Waals surface area contributed by atoms with E-state index >= 15 is 0 Å². The van der Waals surface area contributed by atoms with Gasteiger partial charge in [-0.1, -0.05) is 0 Å². The summed E-state index contributed by atoms with van der Waals surface area (Å²) in [7, 11) is 4.29. The van der Waals surface area contributed by atoms with E-state index in [1.165, 1.54) is 19.3 Å². The van der Waals surface area contributed by atoms with E-state index in [1.54, 1.807) is 0 Å². The van der Waals surface area contributed by atoms with E-state index in [0.29, 0.717) is 11.5 Å². The van der Waals surface area contributed by atoms with E-state index in [0.717, 1.165) is 39.5 Å². The second-order valence-corrected chi connectivity index (χ2v) is 5.59. The lowest BCUT2D eigenvalue weighted by Gasteiger charge is -2.38. The molecule has 2 saturated heterocycles. The van der Waals surface area contributed by atoms with Crippen LogP contribution in [-0.4, -0.2) is 64.6 Å². The van der Waals surface area contributed by atoms with Gasteiger partial charge in [0.05, 0.1) is 6.61 Å². The predicted octanol–water partition coefficient (Wildman–Crippen LogP) is 0.723. The van der Waals surface area contributed by atoms with Crippen LogP contribution in [0.4, 0.5) is 0 Å². The van der Waals surface area contributed by atoms with Gasteiger partial charge >= 0.3 is 0 Å². The van der Waals surface area contributed by atoms with E-state index in [-0.39, 0.29) is 0 Å². The first-order chi connectivity index (χ1) is 8.26. The summed E-state index contributed by atoms with van der Waals surface area (Å²) >= 11 is 0. The summed E-state index contributed by atoms with van der Waals surface area (Å²) in [5.41, 5.74) is 0.321. The minimum atomic E-state index is 0.321. The second-order valence-electron chi connectivity index (χ2n) is 5.59. The van der Waals surface area contributed by atoms with Crippen LogP contribution in [0.3, 0.4) is 0 Å². The highest BCUT2D eigenvalue weighted by molar-refractivity contribution is 4.89. The zero-order chi connectivity index (χ0) is 12.1. The molecule has 0 amide bonds. The Morgan fingerprint density at radius 3 is 2.59 bits per heavy atom. The summed E-state index contributed by atoms with van der Waals surface area (Å²) in [6.45, 7) is 5.86. The van der Waals surface area contributed by atoms with Crippen molar-refractivity contribution in [3.8, 4) is 0 Å². The van der Waals surface area contributed by atoms with Crippen molar-refractivity contribution in [3.05, 3.63) is 0 Å². The predicted molar refractivity (Wildman–Crippen MR) is 68.3 cm³/mol. The molecule has 1 N–H and O–H groups in total. The van der Waals surface area contributed by atoms with Crippen molar-refractivity contribution in [3.63, 3.8) is 0 Å². The lowest BCUT2D eigenvalue weighted by molar-refractivity contribution is 0.0248. The van der Waals surface area contributed by atoms with Crippen molar-refractivity contribution >= 4 is 0 Å². The maximum absolute atomic E-state index is 5.61. The van der Waals surface area contributed by atoms with Crippen LogP contribution < -0.4 is 5.32 Å². The van der Waals surface area contributed by atoms with Gasteiger partial charge in [0.25, 0.3) is 0 Å². The molecule has 0 saturated carbocycles. The molecule has 0 radical (unpaired) electrons. The van der Waals surface area contributed by atoms with E-state index in [2.05, 4.69) is 17.3 Å². The SMILES string of the molecule is CNCC1(CN(C)C2CCOCC2)CCOC1. The summed E-state index contributed by atoms with van der Waals surface area (Å²) in [5, 5.41) is 3.33. The molecule has 0 bridgehead atoms. The van der Waals surface area contributed by atoms with Crippen LogP contribution in [0.2, 0.25) is 0 Å². The van der Waals surface area contributed by atoms with Gasteiger partial charge in [-0.2, -0.15) is 0 Å². The Kier molecular flexibility index (Phi) is 4.79. The van der Waals surface area contributed by atoms with E-state index in [4.69, 9.17) is 9.47 Å². The molecule has 0 aromatic rings. The molecular formula is C13H26N2O2. The first kappa shape index (κ1) is 13.3. The summed E-state index contributed by atoms with van der Waals surface area (Å²) in [4.78, 5) is 2.52. The zero-order valence-corrected chi connectivity index (χ0v) is 11.2. The van der Waals surface area contributed by atoms with E-state index in [1.807, 2.05) is 7.05 Å². The van der Waals surface area contributed by atoms with Crippen molar-refractivity contribution in [2.45, 2.75) is 25.3 Å². The Morgan fingerprint density at radius 2 is 2.00 bits per heavy atom. The van der Waals surface area contributed by atoms with Crippen LogP contribution in [0.1, 0.15) is 19.3 Å². The zero-order valence-electron chi connectivity index (χ0n) is 11.2. The monoisotopic (exact) mass is 242 g/mol. The van der Waals surface area contributed by atoms with E-state index < -0.39 is 0 Å². The van der Waals surface area contributed by atoms with Gasteiger partial charge < -0.3 is 19.7 Å². The number of hydrogen-bond acceptors (Lipinski definition) is 4. The van der Waals surface area contributed by atoms with Crippen LogP contribution in [0.25, 0.3) is 0 Å². The van der Waals surface area contributed by atoms with Crippen molar-refractivity contribution in [1.82, 2.24) is 10.2 Å². The average Bonchev–Trinajstić information content (AvgIpc) is 2.79. The molecule has 1 atom stereocenters. The molecule has 0 aliphatic carbocycles. The highest BCUT2D eigenvalue weighted by atomic mass is 16.5. The molecule has 2 aliphatic heterocycles. The molecule has 2 fully saturated rings. The average molecular weight is 242 g/mol. The Morgan fingerprint density at radius 1 is 1.24 bits per heavy atom. The summed E-state index contributed by atoms with van der Waals surface area (Å²) in [5.74, 6) is 0. The highest BCUT2D eigenvalue weighted by Gasteiger charge is 2.36. The first-order valence-electron chi connectivity index (χ1n) is 6.76. The smallest absolute Gasteiger partial charge is 0.0547 e. The fourth-order valence-electron chi connectivity index (χ4n) is 3.13. The van der Waals surface area contributed by atoms with Crippen molar-refractivity contribution < 1.29 is 9.47 Å². The normalized spacial score (nSPS) is 31.2. The maximum atomic E-state index is 5.61. The first-order valence-corrected chi connectivity index (χ1v) is 6.76. The summed E-state index contributed by atoms with van der Waals surface area (Å²) < 4.78 is 11.0. The van der Waals surface area contributed by atoms with Crippen LogP contribution in [0.5, 0.6) is 0 Å². The Balaban J connectivity index is 1.88. The third-order valence-corrected chi connectivity index (χ3v) is 4.14. The number of rotatable bonds is 5. The molecule has 0 aromatic carbocycles. The maximum Gasteiger partial charge on any atom is 0.0547 e. The highest BCUT2D eigenvalue weighted by Crippen LogP contribution is 2.30. The van der Waals surface area contributed by atoms with Crippen LogP contribution in [0.15, 0.2) is 0 Å². The molecule has 100 valence electrons. The molecule has 0 aromatic heterocycles. The summed E-state index contributed by atoms with van der Waals surface area (Å²) in [6, 6.07) is 0.693. The van der Waals surface area contributed by atoms with Crippen molar-refractivity contribution in [1.29, 1.82) is 0 Å². The minimum absolute atomic E-state index is 0.321. The molecule has 2 aliphatic rings. The van der Waals surface area contributed by atoms with Crippen LogP contribution >= 0.6 is 0 Å². The van der Waals surface area contributed by atoms with Gasteiger partial charge in [0, 0.05) is 44.4 Å². The molecule has 1 unspecified atom stereocenters. The Hall–Kier alpha value is -0.160. The fraction of sp³-hybridized carbons (Fsp3) is 1.00. The van der Waals surface area contributed by atoms with Gasteiger partial charge in [-0.3, -0.25) is 0 Å². The molecule has 4 nitrogen and oxygen atoms in total. The topological polar surface area (TPSA) is 33.7 Å². The molecule has 2 heterocycles. The minimum Gasteiger partial charge on any atom is -0.381 e. The second kappa shape index (κ2) is 6.14. The molecule has 17 heavy (non-hydrogen) atoms. The summed E-state index contributed by atoms with van der Waals surface area (Å²) in [6.07, 6.45) is 3.53. The third-order valence-electron chi connectivity index (χ3n) is 4.14. The largest absolute Gasteiger partial charge is 0.381 e. The molecular weight excluding hydrogens is 216 g/mol. The number of hydrogen-bond donors (Lipinski definition) is 1. The number of ether oxygens (including phenoxy) is 2. The van der Waals surface area contributed by atoms with E-state index in [9.17, 15) is 0 Å². The molecule has 0 spiro atoms. The van der Waals surface area contributed by atoms with Gasteiger partial charge in [-0.15, -0.1) is 0 Å². The number of nitrogens with zero attached hydrogens (tertiary/aromatic N) is 1. The Bertz CT molecular complexity index is 223. The van der Waals surface area contributed by atoms with Gasteiger partial charge in [0.2, 0.25) is 0 Å². The number of nitrogens with one attached hydrogen (secondary N) is 1. The van der Waals surface area contributed by atoms with Crippen molar-refractivity contribution in [2.75, 3.05) is 53.6 Å². The van der Waals surface area contributed by atoms with Gasteiger partial charge in [-0.05, 0) is 33.4 Å². The van der Waals surface area contributed by atoms with Gasteiger partial charge in [-0.25, -0.2) is 0 Å². The van der Waals surface area contributed by atoms with Crippen LogP contribution in [-0.2, 0) is 9.47 Å². The quantitative estimate of drug-likeness (QED) is 0.770. The fourth-order valence-corrected chi connectivity index (χ4v) is 3.13. The van der Waals surface area contributed by atoms with Crippen molar-refractivity contribution in [2.24, 2.45) is 5.41 Å². The lowest BCUT2D eigenvalue weighted by atomic mass is 9.86. The standard InChI is InChI=1S/C13H26N2O2/c1-14-9-13(5-8-17-11-13)10-15(2)12-3-6-16-7-4-12/h12,14H,3-11H2,1-2H3. The van der Waals surface area contributed by atoms with Crippen LogP contribution in [0, 0.1) is 5.41 Å². The van der Waals surface area contributed by atoms with Gasteiger partial charge in [0.15, 0.2) is 0 Å². The lowest BCUT2D eigenvalue weighted by Crippen LogP contribution is -2.47. The molecule has 4 heteroatoms. The van der Waals surface area contributed by atoms with Gasteiger partial charge in [0.1, 0.15) is 0 Å². The Labute approximate surface area is 105 Å².